The Bertz CT molecular complexity index is 675. The van der Waals surface area contributed by atoms with Crippen molar-refractivity contribution in [3.05, 3.63) is 40.7 Å². The number of thiophene rings is 1. The molecule has 2 aromatic heterocycles. The summed E-state index contributed by atoms with van der Waals surface area (Å²) in [7, 11) is 0. The first-order chi connectivity index (χ1) is 8.74. The minimum Gasteiger partial charge on any atom is -0.508 e. The van der Waals surface area contributed by atoms with E-state index in [0.717, 1.165) is 10.4 Å². The van der Waals surface area contributed by atoms with Gasteiger partial charge < -0.3 is 9.63 Å². The van der Waals surface area contributed by atoms with Gasteiger partial charge in [-0.05, 0) is 35.7 Å². The molecule has 0 amide bonds. The topological polar surface area (TPSA) is 59.2 Å². The van der Waals surface area contributed by atoms with Crippen LogP contribution < -0.4 is 0 Å². The SMILES string of the molecule is Oc1ccc(-c2noc(-c3sccc3Cl)n2)cc1. The van der Waals surface area contributed by atoms with Crippen molar-refractivity contribution in [2.24, 2.45) is 0 Å². The highest BCUT2D eigenvalue weighted by atomic mass is 35.5. The fourth-order valence-corrected chi connectivity index (χ4v) is 2.55. The van der Waals surface area contributed by atoms with E-state index in [-0.39, 0.29) is 5.75 Å². The van der Waals surface area contributed by atoms with Gasteiger partial charge in [0.25, 0.3) is 5.89 Å². The first kappa shape index (κ1) is 11.3. The highest BCUT2D eigenvalue weighted by molar-refractivity contribution is 7.14. The van der Waals surface area contributed by atoms with Gasteiger partial charge in [0.1, 0.15) is 10.6 Å². The standard InChI is InChI=1S/C12H7ClN2O2S/c13-9-5-6-18-10(9)12-14-11(15-17-12)7-1-3-8(16)4-2-7/h1-6,16H. The van der Waals surface area contributed by atoms with Crippen molar-refractivity contribution < 1.29 is 9.63 Å². The average molecular weight is 279 g/mol. The molecule has 4 nitrogen and oxygen atoms in total. The number of hydrogen-bond donors (Lipinski definition) is 1. The van der Waals surface area contributed by atoms with Crippen molar-refractivity contribution in [1.29, 1.82) is 0 Å². The summed E-state index contributed by atoms with van der Waals surface area (Å²) in [6.07, 6.45) is 0. The van der Waals surface area contributed by atoms with E-state index in [2.05, 4.69) is 10.1 Å². The Kier molecular flexibility index (Phi) is 2.77. The Morgan fingerprint density at radius 2 is 1.94 bits per heavy atom. The molecule has 90 valence electrons. The van der Waals surface area contributed by atoms with Crippen LogP contribution in [0.5, 0.6) is 5.75 Å². The molecule has 0 bridgehead atoms. The van der Waals surface area contributed by atoms with E-state index in [1.165, 1.54) is 11.3 Å². The molecule has 0 aliphatic carbocycles. The first-order valence-corrected chi connectivity index (χ1v) is 6.36. The normalized spacial score (nSPS) is 10.7. The Labute approximate surface area is 111 Å². The van der Waals surface area contributed by atoms with E-state index in [4.69, 9.17) is 16.1 Å². The predicted octanol–water partition coefficient (Wildman–Crippen LogP) is 3.82. The Hall–Kier alpha value is -1.85. The van der Waals surface area contributed by atoms with Gasteiger partial charge >= 0.3 is 0 Å². The van der Waals surface area contributed by atoms with Crippen LogP contribution in [-0.2, 0) is 0 Å². The molecule has 3 rings (SSSR count). The van der Waals surface area contributed by atoms with Crippen molar-refractivity contribution in [2.75, 3.05) is 0 Å². The zero-order valence-corrected chi connectivity index (χ0v) is 10.6. The number of hydrogen-bond acceptors (Lipinski definition) is 5. The summed E-state index contributed by atoms with van der Waals surface area (Å²) in [4.78, 5) is 5.04. The van der Waals surface area contributed by atoms with Gasteiger partial charge in [-0.3, -0.25) is 0 Å². The third-order valence-electron chi connectivity index (χ3n) is 2.36. The maximum Gasteiger partial charge on any atom is 0.269 e. The van der Waals surface area contributed by atoms with Gasteiger partial charge in [0.2, 0.25) is 5.82 Å². The second kappa shape index (κ2) is 4.44. The number of benzene rings is 1. The lowest BCUT2D eigenvalue weighted by molar-refractivity contribution is 0.433. The first-order valence-electron chi connectivity index (χ1n) is 5.10. The number of rotatable bonds is 2. The molecule has 3 aromatic rings. The van der Waals surface area contributed by atoms with Gasteiger partial charge in [-0.1, -0.05) is 16.8 Å². The summed E-state index contributed by atoms with van der Waals surface area (Å²) in [5, 5.41) is 15.6. The van der Waals surface area contributed by atoms with Crippen molar-refractivity contribution in [1.82, 2.24) is 10.1 Å². The van der Waals surface area contributed by atoms with E-state index in [0.29, 0.717) is 16.7 Å². The fourth-order valence-electron chi connectivity index (χ4n) is 1.49. The lowest BCUT2D eigenvalue weighted by Crippen LogP contribution is -1.79. The van der Waals surface area contributed by atoms with E-state index in [1.54, 1.807) is 30.3 Å². The predicted molar refractivity (Wildman–Crippen MR) is 69.7 cm³/mol. The van der Waals surface area contributed by atoms with E-state index < -0.39 is 0 Å². The number of phenolic OH excluding ortho intramolecular Hbond substituents is 1. The lowest BCUT2D eigenvalue weighted by atomic mass is 10.2. The molecule has 0 aliphatic heterocycles. The number of aromatic nitrogens is 2. The van der Waals surface area contributed by atoms with Crippen LogP contribution in [0.15, 0.2) is 40.2 Å². The quantitative estimate of drug-likeness (QED) is 0.774. The molecule has 0 saturated carbocycles. The second-order valence-corrected chi connectivity index (χ2v) is 4.89. The van der Waals surface area contributed by atoms with Gasteiger partial charge in [-0.15, -0.1) is 11.3 Å². The molecule has 0 fully saturated rings. The van der Waals surface area contributed by atoms with Crippen LogP contribution in [0.1, 0.15) is 0 Å². The fraction of sp³-hybridized carbons (Fsp3) is 0. The van der Waals surface area contributed by atoms with Crippen LogP contribution in [0, 0.1) is 0 Å². The summed E-state index contributed by atoms with van der Waals surface area (Å²) < 4.78 is 5.18. The van der Waals surface area contributed by atoms with Gasteiger partial charge in [0.15, 0.2) is 0 Å². The van der Waals surface area contributed by atoms with Crippen molar-refractivity contribution in [3.63, 3.8) is 0 Å². The molecule has 0 spiro atoms. The van der Waals surface area contributed by atoms with Crippen molar-refractivity contribution >= 4 is 22.9 Å². The molecule has 0 radical (unpaired) electrons. The van der Waals surface area contributed by atoms with Gasteiger partial charge in [0.05, 0.1) is 5.02 Å². The minimum atomic E-state index is 0.198. The van der Waals surface area contributed by atoms with Crippen LogP contribution >= 0.6 is 22.9 Å². The molecular weight excluding hydrogens is 272 g/mol. The summed E-state index contributed by atoms with van der Waals surface area (Å²) in [6, 6.07) is 8.37. The number of aromatic hydroxyl groups is 1. The smallest absolute Gasteiger partial charge is 0.269 e. The van der Waals surface area contributed by atoms with Crippen LogP contribution in [0.25, 0.3) is 22.2 Å². The van der Waals surface area contributed by atoms with Crippen LogP contribution in [0.4, 0.5) is 0 Å². The Morgan fingerprint density at radius 1 is 1.17 bits per heavy atom. The molecule has 0 unspecified atom stereocenters. The maximum atomic E-state index is 9.22. The minimum absolute atomic E-state index is 0.198. The van der Waals surface area contributed by atoms with Crippen LogP contribution in [0.3, 0.4) is 0 Å². The highest BCUT2D eigenvalue weighted by Crippen LogP contribution is 2.33. The van der Waals surface area contributed by atoms with Gasteiger partial charge in [-0.25, -0.2) is 0 Å². The monoisotopic (exact) mass is 278 g/mol. The molecule has 0 atom stereocenters. The summed E-state index contributed by atoms with van der Waals surface area (Å²) in [5.41, 5.74) is 0.774. The van der Waals surface area contributed by atoms with Crippen LogP contribution in [0.2, 0.25) is 5.02 Å². The van der Waals surface area contributed by atoms with Crippen LogP contribution in [-0.4, -0.2) is 15.2 Å². The molecule has 1 aromatic carbocycles. The zero-order valence-electron chi connectivity index (χ0n) is 9.00. The Balaban J connectivity index is 1.99. The lowest BCUT2D eigenvalue weighted by Gasteiger charge is -1.93. The van der Waals surface area contributed by atoms with E-state index in [9.17, 15) is 5.11 Å². The highest BCUT2D eigenvalue weighted by Gasteiger charge is 2.14. The molecular formula is C12H7ClN2O2S. The van der Waals surface area contributed by atoms with Crippen molar-refractivity contribution in [3.8, 4) is 27.9 Å². The molecule has 0 saturated heterocycles. The number of nitrogens with zero attached hydrogens (tertiary/aromatic N) is 2. The summed E-state index contributed by atoms with van der Waals surface area (Å²) in [6.45, 7) is 0. The average Bonchev–Trinajstić information content (AvgIpc) is 2.98. The van der Waals surface area contributed by atoms with Crippen molar-refractivity contribution in [2.45, 2.75) is 0 Å². The molecule has 2 heterocycles. The number of halogens is 1. The summed E-state index contributed by atoms with van der Waals surface area (Å²) >= 11 is 7.45. The molecule has 0 aliphatic rings. The molecule has 18 heavy (non-hydrogen) atoms. The van der Waals surface area contributed by atoms with Gasteiger partial charge in [-0.2, -0.15) is 4.98 Å². The number of phenols is 1. The van der Waals surface area contributed by atoms with E-state index in [1.807, 2.05) is 5.38 Å². The second-order valence-electron chi connectivity index (χ2n) is 3.57. The third kappa shape index (κ3) is 1.98. The summed E-state index contributed by atoms with van der Waals surface area (Å²) in [5.74, 6) is 1.07. The largest absolute Gasteiger partial charge is 0.508 e. The van der Waals surface area contributed by atoms with E-state index >= 15 is 0 Å². The van der Waals surface area contributed by atoms with Gasteiger partial charge in [0, 0.05) is 5.56 Å². The maximum absolute atomic E-state index is 9.22. The molecule has 6 heteroatoms. The zero-order chi connectivity index (χ0) is 12.5. The Morgan fingerprint density at radius 3 is 2.61 bits per heavy atom. The molecule has 1 N–H and O–H groups in total. The third-order valence-corrected chi connectivity index (χ3v) is 3.69.